The molecule has 1 heterocycles. The Morgan fingerprint density at radius 1 is 1.12 bits per heavy atom. The molecule has 0 saturated carbocycles. The highest BCUT2D eigenvalue weighted by atomic mass is 19.2. The fraction of sp³-hybridized carbons (Fsp3) is 0.333. The number of hydrogen-bond donors (Lipinski definition) is 2. The Labute approximate surface area is 94.0 Å². The van der Waals surface area contributed by atoms with Crippen LogP contribution in [-0.4, -0.2) is 24.0 Å². The summed E-state index contributed by atoms with van der Waals surface area (Å²) >= 11 is 0. The van der Waals surface area contributed by atoms with E-state index in [1.165, 1.54) is 6.92 Å². The van der Waals surface area contributed by atoms with Crippen LogP contribution in [0.3, 0.4) is 0 Å². The van der Waals surface area contributed by atoms with E-state index in [4.69, 9.17) is 0 Å². The average molecular weight is 251 g/mol. The summed E-state index contributed by atoms with van der Waals surface area (Å²) in [4.78, 5) is 12.9. The van der Waals surface area contributed by atoms with Crippen LogP contribution in [0, 0.1) is 23.5 Å². The van der Waals surface area contributed by atoms with Gasteiger partial charge in [0.2, 0.25) is 17.5 Å². The number of anilines is 1. The molecule has 8 heteroatoms. The van der Waals surface area contributed by atoms with Gasteiger partial charge in [0.15, 0.2) is 0 Å². The van der Waals surface area contributed by atoms with E-state index in [0.29, 0.717) is 0 Å². The first kappa shape index (κ1) is 13.2. The molecule has 94 valence electrons. The van der Waals surface area contributed by atoms with Gasteiger partial charge in [-0.25, -0.2) is 0 Å². The Kier molecular flexibility index (Phi) is 4.24. The van der Waals surface area contributed by atoms with Crippen molar-refractivity contribution in [2.24, 2.45) is 0 Å². The molecule has 0 radical (unpaired) electrons. The number of hydrogen-bond acceptors (Lipinski definition) is 3. The van der Waals surface area contributed by atoms with Gasteiger partial charge in [-0.1, -0.05) is 0 Å². The maximum atomic E-state index is 13.0. The molecule has 0 bridgehead atoms. The lowest BCUT2D eigenvalue weighted by Crippen LogP contribution is -2.27. The van der Waals surface area contributed by atoms with Crippen LogP contribution in [0.1, 0.15) is 6.92 Å². The van der Waals surface area contributed by atoms with Gasteiger partial charge in [0.1, 0.15) is 5.69 Å². The molecule has 0 atom stereocenters. The third kappa shape index (κ3) is 3.30. The Bertz CT molecular complexity index is 412. The van der Waals surface area contributed by atoms with Crippen molar-refractivity contribution in [2.45, 2.75) is 6.92 Å². The maximum absolute atomic E-state index is 13.0. The van der Waals surface area contributed by atoms with Crippen LogP contribution in [0.15, 0.2) is 0 Å². The zero-order valence-corrected chi connectivity index (χ0v) is 8.78. The van der Waals surface area contributed by atoms with Crippen molar-refractivity contribution >= 4 is 11.6 Å². The van der Waals surface area contributed by atoms with E-state index in [0.717, 1.165) is 0 Å². The Hall–Kier alpha value is -1.86. The van der Waals surface area contributed by atoms with Crippen LogP contribution >= 0.6 is 0 Å². The Morgan fingerprint density at radius 2 is 1.65 bits per heavy atom. The van der Waals surface area contributed by atoms with Crippen LogP contribution in [0.25, 0.3) is 0 Å². The predicted molar refractivity (Wildman–Crippen MR) is 51.2 cm³/mol. The summed E-state index contributed by atoms with van der Waals surface area (Å²) in [6.45, 7) is 1.23. The molecule has 0 aliphatic heterocycles. The van der Waals surface area contributed by atoms with Gasteiger partial charge in [-0.3, -0.25) is 4.79 Å². The van der Waals surface area contributed by atoms with E-state index in [-0.39, 0.29) is 19.0 Å². The van der Waals surface area contributed by atoms with Gasteiger partial charge in [0.05, 0.1) is 0 Å². The minimum absolute atomic E-state index is 0.0553. The monoisotopic (exact) mass is 251 g/mol. The number of rotatable bonds is 4. The van der Waals surface area contributed by atoms with Gasteiger partial charge in [0.25, 0.3) is 11.9 Å². The molecule has 0 aliphatic carbocycles. The summed E-state index contributed by atoms with van der Waals surface area (Å²) in [5.74, 6) is -7.00. The zero-order chi connectivity index (χ0) is 13.0. The number of carbonyl (C=O) groups is 1. The molecule has 0 unspecified atom stereocenters. The summed E-state index contributed by atoms with van der Waals surface area (Å²) in [5, 5.41) is 4.47. The number of halogens is 4. The largest absolute Gasteiger partial charge is 0.378 e. The van der Waals surface area contributed by atoms with Crippen LogP contribution in [0.4, 0.5) is 23.2 Å². The van der Waals surface area contributed by atoms with Crippen LogP contribution < -0.4 is 10.6 Å². The van der Waals surface area contributed by atoms with Crippen molar-refractivity contribution in [3.8, 4) is 0 Å². The van der Waals surface area contributed by atoms with E-state index in [2.05, 4.69) is 15.6 Å². The first-order valence-electron chi connectivity index (χ1n) is 4.61. The maximum Gasteiger partial charge on any atom is 0.253 e. The van der Waals surface area contributed by atoms with E-state index in [9.17, 15) is 22.4 Å². The summed E-state index contributed by atoms with van der Waals surface area (Å²) in [7, 11) is 0. The van der Waals surface area contributed by atoms with Crippen molar-refractivity contribution in [3.63, 3.8) is 0 Å². The second-order valence-electron chi connectivity index (χ2n) is 3.11. The molecule has 1 amide bonds. The number of nitrogens with one attached hydrogen (secondary N) is 2. The number of carbonyl (C=O) groups excluding carboxylic acids is 1. The molecule has 0 saturated heterocycles. The summed E-state index contributed by atoms with van der Waals surface area (Å²) in [5.41, 5.74) is -0.944. The van der Waals surface area contributed by atoms with E-state index < -0.39 is 29.2 Å². The lowest BCUT2D eigenvalue weighted by atomic mass is 10.3. The smallest absolute Gasteiger partial charge is 0.253 e. The third-order valence-electron chi connectivity index (χ3n) is 1.80. The molecule has 1 aromatic heterocycles. The molecule has 0 aromatic carbocycles. The molecular formula is C9H9F4N3O. The molecular weight excluding hydrogens is 242 g/mol. The van der Waals surface area contributed by atoms with Crippen molar-refractivity contribution < 1.29 is 22.4 Å². The molecule has 0 aliphatic rings. The second kappa shape index (κ2) is 5.46. The summed E-state index contributed by atoms with van der Waals surface area (Å²) in [6, 6.07) is 0. The molecule has 1 aromatic rings. The molecule has 4 nitrogen and oxygen atoms in total. The highest BCUT2D eigenvalue weighted by molar-refractivity contribution is 5.72. The van der Waals surface area contributed by atoms with E-state index >= 15 is 0 Å². The van der Waals surface area contributed by atoms with E-state index in [1.807, 2.05) is 0 Å². The van der Waals surface area contributed by atoms with Gasteiger partial charge >= 0.3 is 0 Å². The van der Waals surface area contributed by atoms with Gasteiger partial charge in [-0.2, -0.15) is 22.5 Å². The van der Waals surface area contributed by atoms with Crippen molar-refractivity contribution in [1.29, 1.82) is 0 Å². The van der Waals surface area contributed by atoms with Gasteiger partial charge < -0.3 is 10.6 Å². The average Bonchev–Trinajstić information content (AvgIpc) is 2.25. The lowest BCUT2D eigenvalue weighted by Gasteiger charge is -2.09. The molecule has 0 spiro atoms. The van der Waals surface area contributed by atoms with Crippen molar-refractivity contribution in [1.82, 2.24) is 10.3 Å². The number of pyridine rings is 1. The lowest BCUT2D eigenvalue weighted by molar-refractivity contribution is -0.118. The fourth-order valence-corrected chi connectivity index (χ4v) is 1.07. The third-order valence-corrected chi connectivity index (χ3v) is 1.80. The normalized spacial score (nSPS) is 10.2. The second-order valence-corrected chi connectivity index (χ2v) is 3.11. The standard InChI is InChI=1S/C9H9F4N3O/c1-4(17)14-2-3-15-7-5(10)8(12)16-9(13)6(7)11/h2-3H2,1H3,(H,14,17)(H,15,16). The quantitative estimate of drug-likeness (QED) is 0.480. The Morgan fingerprint density at radius 3 is 2.12 bits per heavy atom. The van der Waals surface area contributed by atoms with Gasteiger partial charge in [-0.05, 0) is 0 Å². The number of amides is 1. The fourth-order valence-electron chi connectivity index (χ4n) is 1.07. The number of nitrogens with zero attached hydrogens (tertiary/aromatic N) is 1. The van der Waals surface area contributed by atoms with Crippen molar-refractivity contribution in [3.05, 3.63) is 23.5 Å². The number of aromatic nitrogens is 1. The minimum Gasteiger partial charge on any atom is -0.378 e. The highest BCUT2D eigenvalue weighted by Crippen LogP contribution is 2.21. The first-order valence-corrected chi connectivity index (χ1v) is 4.61. The highest BCUT2D eigenvalue weighted by Gasteiger charge is 2.20. The molecule has 1 rings (SSSR count). The van der Waals surface area contributed by atoms with Crippen molar-refractivity contribution in [2.75, 3.05) is 18.4 Å². The van der Waals surface area contributed by atoms with Gasteiger partial charge in [-0.15, -0.1) is 0 Å². The topological polar surface area (TPSA) is 54.0 Å². The van der Waals surface area contributed by atoms with Crippen LogP contribution in [-0.2, 0) is 4.79 Å². The SMILES string of the molecule is CC(=O)NCCNc1c(F)c(F)nc(F)c1F. The first-order chi connectivity index (χ1) is 7.93. The minimum atomic E-state index is -1.73. The summed E-state index contributed by atoms with van der Waals surface area (Å²) in [6.07, 6.45) is 0. The molecule has 17 heavy (non-hydrogen) atoms. The summed E-state index contributed by atoms with van der Waals surface area (Å²) < 4.78 is 51.4. The zero-order valence-electron chi connectivity index (χ0n) is 8.78. The van der Waals surface area contributed by atoms with Crippen LogP contribution in [0.5, 0.6) is 0 Å². The Balaban J connectivity index is 2.73. The molecule has 2 N–H and O–H groups in total. The predicted octanol–water partition coefficient (Wildman–Crippen LogP) is 1.19. The molecule has 0 fully saturated rings. The van der Waals surface area contributed by atoms with Crippen LogP contribution in [0.2, 0.25) is 0 Å². The van der Waals surface area contributed by atoms with E-state index in [1.54, 1.807) is 0 Å². The van der Waals surface area contributed by atoms with Gasteiger partial charge in [0, 0.05) is 20.0 Å².